The summed E-state index contributed by atoms with van der Waals surface area (Å²) in [4.78, 5) is 2.41. The number of piperidine rings is 1. The summed E-state index contributed by atoms with van der Waals surface area (Å²) in [6, 6.07) is 0.558. The highest BCUT2D eigenvalue weighted by Gasteiger charge is 2.29. The maximum absolute atomic E-state index is 9.55. The monoisotopic (exact) mass is 185 g/mol. The molecular weight excluding hydrogens is 162 g/mol. The van der Waals surface area contributed by atoms with Gasteiger partial charge in [0.2, 0.25) is 0 Å². The molecule has 13 heavy (non-hydrogen) atoms. The molecule has 0 radical (unpaired) electrons. The van der Waals surface area contributed by atoms with Crippen molar-refractivity contribution in [3.05, 3.63) is 0 Å². The molecule has 1 heterocycles. The maximum Gasteiger partial charge on any atom is 0.0667 e. The van der Waals surface area contributed by atoms with Crippen LogP contribution in [0.2, 0.25) is 0 Å². The summed E-state index contributed by atoms with van der Waals surface area (Å²) in [6.07, 6.45) is 2.02. The summed E-state index contributed by atoms with van der Waals surface area (Å²) in [6.45, 7) is 11.1. The second kappa shape index (κ2) is 3.97. The molecule has 1 fully saturated rings. The quantitative estimate of drug-likeness (QED) is 0.674. The smallest absolute Gasteiger partial charge is 0.0667 e. The van der Waals surface area contributed by atoms with E-state index in [0.717, 1.165) is 25.9 Å². The maximum atomic E-state index is 9.55. The third-order valence-electron chi connectivity index (χ3n) is 3.23. The lowest BCUT2D eigenvalue weighted by molar-refractivity contribution is 0.0200. The SMILES string of the molecule is CC(N1CCCC(O)C1)C(C)(C)C. The van der Waals surface area contributed by atoms with Crippen molar-refractivity contribution in [2.45, 2.75) is 52.7 Å². The van der Waals surface area contributed by atoms with E-state index in [1.807, 2.05) is 0 Å². The first kappa shape index (κ1) is 11.0. The van der Waals surface area contributed by atoms with Crippen LogP contribution in [0.5, 0.6) is 0 Å². The molecule has 0 aliphatic carbocycles. The number of nitrogens with zero attached hydrogens (tertiary/aromatic N) is 1. The zero-order valence-electron chi connectivity index (χ0n) is 9.38. The lowest BCUT2D eigenvalue weighted by Crippen LogP contribution is -2.48. The highest BCUT2D eigenvalue weighted by atomic mass is 16.3. The van der Waals surface area contributed by atoms with Gasteiger partial charge >= 0.3 is 0 Å². The Labute approximate surface area is 81.9 Å². The van der Waals surface area contributed by atoms with Gasteiger partial charge < -0.3 is 5.11 Å². The van der Waals surface area contributed by atoms with Crippen LogP contribution in [-0.2, 0) is 0 Å². The Kier molecular flexibility index (Phi) is 3.36. The van der Waals surface area contributed by atoms with Gasteiger partial charge in [0.15, 0.2) is 0 Å². The molecule has 0 spiro atoms. The molecule has 0 aromatic rings. The Morgan fingerprint density at radius 2 is 2.00 bits per heavy atom. The number of hydrogen-bond donors (Lipinski definition) is 1. The van der Waals surface area contributed by atoms with Gasteiger partial charge in [-0.1, -0.05) is 20.8 Å². The van der Waals surface area contributed by atoms with E-state index in [9.17, 15) is 5.11 Å². The van der Waals surface area contributed by atoms with E-state index in [4.69, 9.17) is 0 Å². The highest BCUT2D eigenvalue weighted by Crippen LogP contribution is 2.26. The molecule has 0 aromatic carbocycles. The molecule has 1 aliphatic heterocycles. The van der Waals surface area contributed by atoms with Crippen molar-refractivity contribution < 1.29 is 5.11 Å². The normalized spacial score (nSPS) is 28.8. The summed E-state index contributed by atoms with van der Waals surface area (Å²) in [5.41, 5.74) is 0.317. The highest BCUT2D eigenvalue weighted by molar-refractivity contribution is 4.83. The van der Waals surface area contributed by atoms with Crippen LogP contribution in [0.3, 0.4) is 0 Å². The van der Waals surface area contributed by atoms with Crippen LogP contribution in [0.1, 0.15) is 40.5 Å². The molecule has 0 bridgehead atoms. The molecule has 78 valence electrons. The van der Waals surface area contributed by atoms with E-state index in [-0.39, 0.29) is 6.10 Å². The molecule has 1 aliphatic rings. The molecule has 2 atom stereocenters. The minimum atomic E-state index is -0.0986. The number of β-amino-alcohol motifs (C(OH)–C–C–N with tert-alkyl or cyclic N) is 1. The molecule has 0 amide bonds. The molecule has 2 heteroatoms. The predicted octanol–water partition coefficient (Wildman–Crippen LogP) is 1.88. The molecule has 1 N–H and O–H groups in total. The van der Waals surface area contributed by atoms with Gasteiger partial charge in [0.1, 0.15) is 0 Å². The standard InChI is InChI=1S/C11H23NO/c1-9(11(2,3)4)12-7-5-6-10(13)8-12/h9-10,13H,5-8H2,1-4H3. The molecule has 1 saturated heterocycles. The fourth-order valence-electron chi connectivity index (χ4n) is 1.88. The second-order valence-corrected chi connectivity index (χ2v) is 5.33. The van der Waals surface area contributed by atoms with Crippen molar-refractivity contribution in [1.29, 1.82) is 0 Å². The van der Waals surface area contributed by atoms with Gasteiger partial charge in [-0.15, -0.1) is 0 Å². The topological polar surface area (TPSA) is 23.5 Å². The van der Waals surface area contributed by atoms with Gasteiger partial charge in [-0.05, 0) is 31.7 Å². The van der Waals surface area contributed by atoms with Crippen molar-refractivity contribution in [2.24, 2.45) is 5.41 Å². The summed E-state index contributed by atoms with van der Waals surface area (Å²) in [5, 5.41) is 9.55. The third kappa shape index (κ3) is 2.96. The molecule has 2 unspecified atom stereocenters. The van der Waals surface area contributed by atoms with Gasteiger partial charge in [0, 0.05) is 12.6 Å². The zero-order valence-corrected chi connectivity index (χ0v) is 9.38. The van der Waals surface area contributed by atoms with Crippen molar-refractivity contribution >= 4 is 0 Å². The van der Waals surface area contributed by atoms with Gasteiger partial charge in [-0.2, -0.15) is 0 Å². The Hall–Kier alpha value is -0.0800. The molecule has 0 aromatic heterocycles. The Morgan fingerprint density at radius 3 is 2.46 bits per heavy atom. The van der Waals surface area contributed by atoms with Crippen LogP contribution >= 0.6 is 0 Å². The van der Waals surface area contributed by atoms with E-state index in [1.165, 1.54) is 0 Å². The van der Waals surface area contributed by atoms with E-state index >= 15 is 0 Å². The molecule has 1 rings (SSSR count). The first-order chi connectivity index (χ1) is 5.91. The number of aliphatic hydroxyl groups excluding tert-OH is 1. The Balaban J connectivity index is 2.51. The van der Waals surface area contributed by atoms with E-state index in [2.05, 4.69) is 32.6 Å². The Bertz CT molecular complexity index is 162. The van der Waals surface area contributed by atoms with Crippen LogP contribution in [0.25, 0.3) is 0 Å². The second-order valence-electron chi connectivity index (χ2n) is 5.33. The molecule has 0 saturated carbocycles. The van der Waals surface area contributed by atoms with Gasteiger partial charge in [-0.3, -0.25) is 4.90 Å². The average molecular weight is 185 g/mol. The number of aliphatic hydroxyl groups is 1. The largest absolute Gasteiger partial charge is 0.392 e. The lowest BCUT2D eigenvalue weighted by Gasteiger charge is -2.41. The van der Waals surface area contributed by atoms with Crippen LogP contribution in [-0.4, -0.2) is 35.2 Å². The minimum Gasteiger partial charge on any atom is -0.392 e. The van der Waals surface area contributed by atoms with Crippen LogP contribution in [0, 0.1) is 5.41 Å². The molecule has 2 nitrogen and oxygen atoms in total. The van der Waals surface area contributed by atoms with Crippen molar-refractivity contribution in [2.75, 3.05) is 13.1 Å². The van der Waals surface area contributed by atoms with Gasteiger partial charge in [0.25, 0.3) is 0 Å². The fraction of sp³-hybridized carbons (Fsp3) is 1.00. The first-order valence-electron chi connectivity index (χ1n) is 5.33. The summed E-state index contributed by atoms with van der Waals surface area (Å²) < 4.78 is 0. The third-order valence-corrected chi connectivity index (χ3v) is 3.23. The molecular formula is C11H23NO. The number of hydrogen-bond acceptors (Lipinski definition) is 2. The summed E-state index contributed by atoms with van der Waals surface area (Å²) in [7, 11) is 0. The summed E-state index contributed by atoms with van der Waals surface area (Å²) in [5.74, 6) is 0. The van der Waals surface area contributed by atoms with Gasteiger partial charge in [0.05, 0.1) is 6.10 Å². The first-order valence-corrected chi connectivity index (χ1v) is 5.33. The number of rotatable bonds is 1. The van der Waals surface area contributed by atoms with Crippen molar-refractivity contribution in [3.63, 3.8) is 0 Å². The van der Waals surface area contributed by atoms with Crippen LogP contribution in [0.15, 0.2) is 0 Å². The van der Waals surface area contributed by atoms with E-state index < -0.39 is 0 Å². The van der Waals surface area contributed by atoms with Crippen molar-refractivity contribution in [3.8, 4) is 0 Å². The minimum absolute atomic E-state index is 0.0986. The predicted molar refractivity (Wildman–Crippen MR) is 55.7 cm³/mol. The van der Waals surface area contributed by atoms with E-state index in [1.54, 1.807) is 0 Å². The average Bonchev–Trinajstić information content (AvgIpc) is 2.01. The van der Waals surface area contributed by atoms with Crippen LogP contribution in [0.4, 0.5) is 0 Å². The summed E-state index contributed by atoms with van der Waals surface area (Å²) >= 11 is 0. The fourth-order valence-corrected chi connectivity index (χ4v) is 1.88. The van der Waals surface area contributed by atoms with E-state index in [0.29, 0.717) is 11.5 Å². The number of likely N-dealkylation sites (tertiary alicyclic amines) is 1. The Morgan fingerprint density at radius 1 is 1.38 bits per heavy atom. The van der Waals surface area contributed by atoms with Crippen molar-refractivity contribution in [1.82, 2.24) is 4.90 Å². The van der Waals surface area contributed by atoms with Crippen LogP contribution < -0.4 is 0 Å². The zero-order chi connectivity index (χ0) is 10.1. The lowest BCUT2D eigenvalue weighted by atomic mass is 9.86. The van der Waals surface area contributed by atoms with Gasteiger partial charge in [-0.25, -0.2) is 0 Å².